The summed E-state index contributed by atoms with van der Waals surface area (Å²) in [5.74, 6) is 3.01. The molecule has 2 rings (SSSR count). The monoisotopic (exact) mass is 281 g/mol. The van der Waals surface area contributed by atoms with Crippen molar-refractivity contribution in [3.63, 3.8) is 0 Å². The molecule has 0 aliphatic heterocycles. The molecular formula is C14H19NOS2. The molecular weight excluding hydrogens is 262 g/mol. The summed E-state index contributed by atoms with van der Waals surface area (Å²) in [6, 6.07) is 8.86. The van der Waals surface area contributed by atoms with Crippen molar-refractivity contribution in [2.45, 2.75) is 32.2 Å². The molecule has 0 radical (unpaired) electrons. The third-order valence-electron chi connectivity index (χ3n) is 2.77. The molecule has 18 heavy (non-hydrogen) atoms. The first-order valence-corrected chi connectivity index (χ1v) is 8.26. The van der Waals surface area contributed by atoms with E-state index in [1.54, 1.807) is 11.8 Å². The van der Waals surface area contributed by atoms with E-state index in [4.69, 9.17) is 4.42 Å². The van der Waals surface area contributed by atoms with Crippen molar-refractivity contribution in [2.75, 3.05) is 6.26 Å². The van der Waals surface area contributed by atoms with Gasteiger partial charge in [-0.05, 0) is 44.4 Å². The van der Waals surface area contributed by atoms with Crippen LogP contribution in [-0.4, -0.2) is 6.26 Å². The summed E-state index contributed by atoms with van der Waals surface area (Å²) in [5, 5.41) is 3.49. The largest absolute Gasteiger partial charge is 0.464 e. The lowest BCUT2D eigenvalue weighted by atomic mass is 10.2. The number of hydrogen-bond acceptors (Lipinski definition) is 4. The summed E-state index contributed by atoms with van der Waals surface area (Å²) in [6.45, 7) is 5.12. The van der Waals surface area contributed by atoms with E-state index in [1.165, 1.54) is 9.75 Å². The fraction of sp³-hybridized carbons (Fsp3) is 0.429. The molecule has 2 aromatic rings. The summed E-state index contributed by atoms with van der Waals surface area (Å²) >= 11 is 3.63. The first kappa shape index (κ1) is 13.7. The summed E-state index contributed by atoms with van der Waals surface area (Å²) in [6.07, 6.45) is 2.08. The maximum absolute atomic E-state index is 5.74. The Bertz CT molecular complexity index is 489. The van der Waals surface area contributed by atoms with Crippen LogP contribution in [0, 0.1) is 6.92 Å². The molecule has 2 heterocycles. The SMILES string of the molecule is CSCc1ccc(CNC(C)c2ccc(C)s2)o1. The molecule has 0 saturated heterocycles. The molecule has 0 aliphatic carbocycles. The summed E-state index contributed by atoms with van der Waals surface area (Å²) < 4.78 is 5.74. The molecule has 1 atom stereocenters. The fourth-order valence-corrected chi connectivity index (χ4v) is 3.12. The molecule has 0 saturated carbocycles. The lowest BCUT2D eigenvalue weighted by molar-refractivity contribution is 0.444. The number of hydrogen-bond donors (Lipinski definition) is 1. The van der Waals surface area contributed by atoms with Crippen LogP contribution in [-0.2, 0) is 12.3 Å². The van der Waals surface area contributed by atoms with Crippen LogP contribution in [0.2, 0.25) is 0 Å². The van der Waals surface area contributed by atoms with Crippen LogP contribution in [0.15, 0.2) is 28.7 Å². The zero-order chi connectivity index (χ0) is 13.0. The van der Waals surface area contributed by atoms with Gasteiger partial charge in [0.2, 0.25) is 0 Å². The van der Waals surface area contributed by atoms with Crippen molar-refractivity contribution in [1.29, 1.82) is 0 Å². The second kappa shape index (κ2) is 6.45. The standard InChI is InChI=1S/C14H19NOS2/c1-10-4-7-14(18-10)11(2)15-8-12-5-6-13(16-12)9-17-3/h4-7,11,15H,8-9H2,1-3H3. The third-order valence-corrected chi connectivity index (χ3v) is 4.53. The van der Waals surface area contributed by atoms with Crippen molar-refractivity contribution in [3.8, 4) is 0 Å². The Kier molecular flexibility index (Phi) is 4.92. The van der Waals surface area contributed by atoms with Crippen LogP contribution < -0.4 is 5.32 Å². The molecule has 1 N–H and O–H groups in total. The predicted molar refractivity (Wildman–Crippen MR) is 80.2 cm³/mol. The minimum absolute atomic E-state index is 0.373. The summed E-state index contributed by atoms with van der Waals surface area (Å²) in [5.41, 5.74) is 0. The third kappa shape index (κ3) is 3.64. The van der Waals surface area contributed by atoms with Gasteiger partial charge < -0.3 is 9.73 Å². The van der Waals surface area contributed by atoms with Gasteiger partial charge in [-0.2, -0.15) is 11.8 Å². The minimum atomic E-state index is 0.373. The first-order valence-electron chi connectivity index (χ1n) is 6.05. The lowest BCUT2D eigenvalue weighted by Crippen LogP contribution is -2.16. The molecule has 0 aliphatic rings. The number of aryl methyl sites for hydroxylation is 1. The van der Waals surface area contributed by atoms with Crippen LogP contribution in [0.25, 0.3) is 0 Å². The van der Waals surface area contributed by atoms with Crippen LogP contribution >= 0.6 is 23.1 Å². The zero-order valence-electron chi connectivity index (χ0n) is 11.0. The van der Waals surface area contributed by atoms with E-state index in [0.29, 0.717) is 6.04 Å². The smallest absolute Gasteiger partial charge is 0.118 e. The van der Waals surface area contributed by atoms with Gasteiger partial charge in [-0.3, -0.25) is 0 Å². The Balaban J connectivity index is 1.86. The van der Waals surface area contributed by atoms with Crippen LogP contribution in [0.5, 0.6) is 0 Å². The number of thiophene rings is 1. The molecule has 0 fully saturated rings. The molecule has 0 amide bonds. The molecule has 98 valence electrons. The first-order chi connectivity index (χ1) is 8.69. The highest BCUT2D eigenvalue weighted by atomic mass is 32.2. The Morgan fingerprint density at radius 3 is 2.72 bits per heavy atom. The molecule has 2 aromatic heterocycles. The van der Waals surface area contributed by atoms with E-state index >= 15 is 0 Å². The maximum atomic E-state index is 5.74. The minimum Gasteiger partial charge on any atom is -0.464 e. The van der Waals surface area contributed by atoms with E-state index in [0.717, 1.165) is 23.8 Å². The average molecular weight is 281 g/mol. The molecule has 1 unspecified atom stereocenters. The van der Waals surface area contributed by atoms with Crippen LogP contribution in [0.4, 0.5) is 0 Å². The number of furan rings is 1. The molecule has 0 bridgehead atoms. The fourth-order valence-electron chi connectivity index (χ4n) is 1.78. The maximum Gasteiger partial charge on any atom is 0.118 e. The number of thioether (sulfide) groups is 1. The lowest BCUT2D eigenvalue weighted by Gasteiger charge is -2.10. The van der Waals surface area contributed by atoms with Gasteiger partial charge in [0, 0.05) is 15.8 Å². The molecule has 2 nitrogen and oxygen atoms in total. The van der Waals surface area contributed by atoms with Crippen molar-refractivity contribution in [2.24, 2.45) is 0 Å². The van der Waals surface area contributed by atoms with Gasteiger partial charge in [-0.1, -0.05) is 0 Å². The highest BCUT2D eigenvalue weighted by Gasteiger charge is 2.08. The highest BCUT2D eigenvalue weighted by molar-refractivity contribution is 7.97. The zero-order valence-corrected chi connectivity index (χ0v) is 12.7. The normalized spacial score (nSPS) is 12.8. The van der Waals surface area contributed by atoms with Crippen molar-refractivity contribution < 1.29 is 4.42 Å². The summed E-state index contributed by atoms with van der Waals surface area (Å²) in [7, 11) is 0. The number of nitrogens with one attached hydrogen (secondary N) is 1. The van der Waals surface area contributed by atoms with Crippen LogP contribution in [0.3, 0.4) is 0 Å². The molecule has 0 aromatic carbocycles. The Labute approximate surface area is 117 Å². The van der Waals surface area contributed by atoms with Gasteiger partial charge in [0.25, 0.3) is 0 Å². The van der Waals surface area contributed by atoms with E-state index in [1.807, 2.05) is 11.3 Å². The Hall–Kier alpha value is -0.710. The van der Waals surface area contributed by atoms with Crippen molar-refractivity contribution in [1.82, 2.24) is 5.32 Å². The second-order valence-corrected chi connectivity index (χ2v) is 6.54. The van der Waals surface area contributed by atoms with Gasteiger partial charge in [-0.25, -0.2) is 0 Å². The predicted octanol–water partition coefficient (Wildman–Crippen LogP) is 4.36. The second-order valence-electron chi connectivity index (χ2n) is 4.35. The quantitative estimate of drug-likeness (QED) is 0.851. The topological polar surface area (TPSA) is 25.2 Å². The summed E-state index contributed by atoms with van der Waals surface area (Å²) in [4.78, 5) is 2.74. The van der Waals surface area contributed by atoms with Crippen LogP contribution in [0.1, 0.15) is 34.2 Å². The van der Waals surface area contributed by atoms with Gasteiger partial charge in [0.15, 0.2) is 0 Å². The average Bonchev–Trinajstić information content (AvgIpc) is 2.96. The number of rotatable bonds is 6. The Morgan fingerprint density at radius 1 is 1.28 bits per heavy atom. The molecule has 4 heteroatoms. The Morgan fingerprint density at radius 2 is 2.06 bits per heavy atom. The van der Waals surface area contributed by atoms with Gasteiger partial charge in [0.1, 0.15) is 11.5 Å². The van der Waals surface area contributed by atoms with Gasteiger partial charge in [-0.15, -0.1) is 11.3 Å². The van der Waals surface area contributed by atoms with Crippen molar-refractivity contribution in [3.05, 3.63) is 45.5 Å². The van der Waals surface area contributed by atoms with E-state index in [2.05, 4.69) is 49.7 Å². The highest BCUT2D eigenvalue weighted by Crippen LogP contribution is 2.22. The molecule has 0 spiro atoms. The van der Waals surface area contributed by atoms with Gasteiger partial charge in [0.05, 0.1) is 12.3 Å². The van der Waals surface area contributed by atoms with Gasteiger partial charge >= 0.3 is 0 Å². The van der Waals surface area contributed by atoms with E-state index < -0.39 is 0 Å². The van der Waals surface area contributed by atoms with E-state index in [9.17, 15) is 0 Å². The van der Waals surface area contributed by atoms with Crippen molar-refractivity contribution >= 4 is 23.1 Å². The van der Waals surface area contributed by atoms with E-state index in [-0.39, 0.29) is 0 Å².